The molecule has 0 bridgehead atoms. The molecule has 17 heavy (non-hydrogen) atoms. The molecule has 0 aromatic rings. The van der Waals surface area contributed by atoms with Crippen molar-refractivity contribution < 1.29 is 18.3 Å². The number of hydrogen-bond acceptors (Lipinski definition) is 3. The van der Waals surface area contributed by atoms with Gasteiger partial charge < -0.3 is 5.11 Å². The van der Waals surface area contributed by atoms with Gasteiger partial charge in [-0.15, -0.1) is 0 Å². The highest BCUT2D eigenvalue weighted by atomic mass is 32.2. The number of aliphatic carboxylic acids is 1. The topological polar surface area (TPSA) is 74.7 Å². The quantitative estimate of drug-likeness (QED) is 0.836. The molecule has 1 saturated heterocycles. The fourth-order valence-corrected chi connectivity index (χ4v) is 3.69. The van der Waals surface area contributed by atoms with E-state index in [1.807, 2.05) is 0 Å². The first-order valence-electron chi connectivity index (χ1n) is 5.89. The summed E-state index contributed by atoms with van der Waals surface area (Å²) in [5.41, 5.74) is 0. The average molecular weight is 263 g/mol. The Kier molecular flexibility index (Phi) is 4.19. The minimum Gasteiger partial charge on any atom is -0.481 e. The first-order valence-corrected chi connectivity index (χ1v) is 7.33. The summed E-state index contributed by atoms with van der Waals surface area (Å²) in [6, 6.07) is -0.384. The molecule has 100 valence electrons. The zero-order valence-corrected chi connectivity index (χ0v) is 11.5. The van der Waals surface area contributed by atoms with Crippen LogP contribution < -0.4 is 0 Å². The van der Waals surface area contributed by atoms with Crippen LogP contribution in [0.3, 0.4) is 0 Å². The van der Waals surface area contributed by atoms with Crippen molar-refractivity contribution in [1.82, 2.24) is 4.31 Å². The van der Waals surface area contributed by atoms with Crippen molar-refractivity contribution in [3.63, 3.8) is 0 Å². The van der Waals surface area contributed by atoms with E-state index in [0.29, 0.717) is 13.0 Å². The Morgan fingerprint density at radius 2 is 1.94 bits per heavy atom. The molecule has 0 radical (unpaired) electrons. The fraction of sp³-hybridized carbons (Fsp3) is 0.909. The van der Waals surface area contributed by atoms with Crippen LogP contribution >= 0.6 is 0 Å². The highest BCUT2D eigenvalue weighted by molar-refractivity contribution is 7.90. The second kappa shape index (κ2) is 4.94. The van der Waals surface area contributed by atoms with Crippen LogP contribution in [0.2, 0.25) is 0 Å². The zero-order valence-electron chi connectivity index (χ0n) is 10.6. The molecule has 0 saturated carbocycles. The summed E-state index contributed by atoms with van der Waals surface area (Å²) in [4.78, 5) is 10.8. The molecule has 6 heteroatoms. The van der Waals surface area contributed by atoms with Gasteiger partial charge in [-0.1, -0.05) is 6.42 Å². The molecule has 5 nitrogen and oxygen atoms in total. The van der Waals surface area contributed by atoms with E-state index in [9.17, 15) is 13.2 Å². The number of piperidine rings is 1. The summed E-state index contributed by atoms with van der Waals surface area (Å²) < 4.78 is 25.2. The number of carbonyl (C=O) groups is 1. The Morgan fingerprint density at radius 1 is 1.35 bits per heavy atom. The van der Waals surface area contributed by atoms with Gasteiger partial charge in [-0.05, 0) is 33.6 Å². The molecule has 1 unspecified atom stereocenters. The molecular formula is C11H21NO4S. The lowest BCUT2D eigenvalue weighted by Gasteiger charge is -2.38. The highest BCUT2D eigenvalue weighted by Gasteiger charge is 2.40. The number of carboxylic acid groups (broad SMARTS) is 1. The maximum atomic E-state index is 12.3. The van der Waals surface area contributed by atoms with Crippen molar-refractivity contribution in [3.05, 3.63) is 0 Å². The predicted octanol–water partition coefficient (Wildman–Crippen LogP) is 1.44. The SMILES string of the molecule is CC(C)(C)S(=O)(=O)N1CCCCC1CC(=O)O. The number of nitrogens with zero attached hydrogens (tertiary/aromatic N) is 1. The van der Waals surface area contributed by atoms with Crippen molar-refractivity contribution >= 4 is 16.0 Å². The number of hydrogen-bond donors (Lipinski definition) is 1. The van der Waals surface area contributed by atoms with Gasteiger partial charge in [0, 0.05) is 12.6 Å². The van der Waals surface area contributed by atoms with Crippen LogP contribution in [0.15, 0.2) is 0 Å². The van der Waals surface area contributed by atoms with Crippen molar-refractivity contribution in [2.45, 2.75) is 57.2 Å². The van der Waals surface area contributed by atoms with E-state index in [1.54, 1.807) is 20.8 Å². The zero-order chi connectivity index (χ0) is 13.3. The molecule has 0 spiro atoms. The van der Waals surface area contributed by atoms with Crippen LogP contribution in [-0.4, -0.2) is 41.1 Å². The summed E-state index contributed by atoms with van der Waals surface area (Å²) in [6.45, 7) is 5.38. The lowest BCUT2D eigenvalue weighted by atomic mass is 10.0. The third-order valence-electron chi connectivity index (χ3n) is 3.07. The van der Waals surface area contributed by atoms with Crippen LogP contribution in [0.4, 0.5) is 0 Å². The standard InChI is InChI=1S/C11H21NO4S/c1-11(2,3)17(15,16)12-7-5-4-6-9(12)8-10(13)14/h9H,4-8H2,1-3H3,(H,13,14). The Labute approximate surface area is 103 Å². The lowest BCUT2D eigenvalue weighted by molar-refractivity contribution is -0.138. The maximum absolute atomic E-state index is 12.3. The molecule has 1 fully saturated rings. The van der Waals surface area contributed by atoms with Crippen LogP contribution in [0.5, 0.6) is 0 Å². The molecule has 1 aliphatic rings. The van der Waals surface area contributed by atoms with E-state index >= 15 is 0 Å². The van der Waals surface area contributed by atoms with Gasteiger partial charge in [0.15, 0.2) is 0 Å². The van der Waals surface area contributed by atoms with Gasteiger partial charge in [0.1, 0.15) is 0 Å². The van der Waals surface area contributed by atoms with E-state index in [4.69, 9.17) is 5.11 Å². The summed E-state index contributed by atoms with van der Waals surface area (Å²) >= 11 is 0. The van der Waals surface area contributed by atoms with Crippen LogP contribution in [0, 0.1) is 0 Å². The molecule has 0 aliphatic carbocycles. The largest absolute Gasteiger partial charge is 0.481 e. The summed E-state index contributed by atoms with van der Waals surface area (Å²) in [7, 11) is -3.42. The monoisotopic (exact) mass is 263 g/mol. The van der Waals surface area contributed by atoms with Crippen molar-refractivity contribution in [3.8, 4) is 0 Å². The average Bonchev–Trinajstić information content (AvgIpc) is 2.15. The van der Waals surface area contributed by atoms with Gasteiger partial charge in [0.05, 0.1) is 11.2 Å². The maximum Gasteiger partial charge on any atom is 0.304 e. The van der Waals surface area contributed by atoms with Crippen LogP contribution in [0.25, 0.3) is 0 Å². The minimum absolute atomic E-state index is 0.102. The Bertz CT molecular complexity index is 383. The van der Waals surface area contributed by atoms with Gasteiger partial charge in [-0.2, -0.15) is 4.31 Å². The van der Waals surface area contributed by atoms with E-state index in [-0.39, 0.29) is 12.5 Å². The molecule has 0 aromatic carbocycles. The fourth-order valence-electron chi connectivity index (χ4n) is 2.05. The normalized spacial score (nSPS) is 23.6. The van der Waals surface area contributed by atoms with E-state index in [0.717, 1.165) is 12.8 Å². The lowest BCUT2D eigenvalue weighted by Crippen LogP contribution is -2.50. The molecular weight excluding hydrogens is 242 g/mol. The first kappa shape index (κ1) is 14.4. The summed E-state index contributed by atoms with van der Waals surface area (Å²) in [5, 5.41) is 8.83. The van der Waals surface area contributed by atoms with Crippen molar-refractivity contribution in [2.75, 3.05) is 6.54 Å². The third-order valence-corrected chi connectivity index (χ3v) is 5.71. The number of sulfonamides is 1. The van der Waals surface area contributed by atoms with E-state index in [2.05, 4.69) is 0 Å². The second-order valence-electron chi connectivity index (χ2n) is 5.48. The van der Waals surface area contributed by atoms with E-state index < -0.39 is 20.7 Å². The molecule has 1 atom stereocenters. The molecule has 0 amide bonds. The molecule has 1 heterocycles. The number of carboxylic acids is 1. The van der Waals surface area contributed by atoms with Gasteiger partial charge >= 0.3 is 5.97 Å². The Morgan fingerprint density at radius 3 is 2.41 bits per heavy atom. The van der Waals surface area contributed by atoms with Crippen LogP contribution in [0.1, 0.15) is 46.5 Å². The first-order chi connectivity index (χ1) is 7.66. The Hall–Kier alpha value is -0.620. The molecule has 0 aromatic heterocycles. The van der Waals surface area contributed by atoms with Crippen molar-refractivity contribution in [2.24, 2.45) is 0 Å². The van der Waals surface area contributed by atoms with Gasteiger partial charge in [-0.25, -0.2) is 8.42 Å². The predicted molar refractivity (Wildman–Crippen MR) is 65.3 cm³/mol. The molecule has 1 rings (SSSR count). The van der Waals surface area contributed by atoms with Gasteiger partial charge in [0.2, 0.25) is 10.0 Å². The minimum atomic E-state index is -3.42. The summed E-state index contributed by atoms with van der Waals surface area (Å²) in [5.74, 6) is -0.939. The Balaban J connectivity index is 2.96. The highest BCUT2D eigenvalue weighted by Crippen LogP contribution is 2.29. The smallest absolute Gasteiger partial charge is 0.304 e. The van der Waals surface area contributed by atoms with Gasteiger partial charge in [0.25, 0.3) is 0 Å². The van der Waals surface area contributed by atoms with E-state index in [1.165, 1.54) is 4.31 Å². The third kappa shape index (κ3) is 3.19. The van der Waals surface area contributed by atoms with Crippen molar-refractivity contribution in [1.29, 1.82) is 0 Å². The van der Waals surface area contributed by atoms with Gasteiger partial charge in [-0.3, -0.25) is 4.79 Å². The summed E-state index contributed by atoms with van der Waals surface area (Å²) in [6.07, 6.45) is 2.25. The van der Waals surface area contributed by atoms with Crippen LogP contribution in [-0.2, 0) is 14.8 Å². The molecule has 1 N–H and O–H groups in total. The second-order valence-corrected chi connectivity index (χ2v) is 8.12. The molecule has 1 aliphatic heterocycles. The number of rotatable bonds is 3.